The number of hydrogen-bond donors (Lipinski definition) is 0. The largest absolute Gasteiger partial charge is 0.466 e. The second-order valence-electron chi connectivity index (χ2n) is 4.88. The number of allylic oxidation sites excluding steroid dienone is 1. The lowest BCUT2D eigenvalue weighted by atomic mass is 10.1. The maximum Gasteiger partial charge on any atom is 0.305 e. The Morgan fingerprint density at radius 3 is 2.39 bits per heavy atom. The molecule has 0 spiro atoms. The van der Waals surface area contributed by atoms with Crippen LogP contribution in [0.1, 0.15) is 77.6 Å². The molecular formula is C16H30O2. The fourth-order valence-corrected chi connectivity index (χ4v) is 1.88. The van der Waals surface area contributed by atoms with Crippen molar-refractivity contribution >= 4 is 5.97 Å². The molecule has 0 amide bonds. The van der Waals surface area contributed by atoms with Crippen molar-refractivity contribution in [2.75, 3.05) is 6.61 Å². The van der Waals surface area contributed by atoms with E-state index in [4.69, 9.17) is 4.74 Å². The lowest BCUT2D eigenvalue weighted by Gasteiger charge is -2.04. The number of ether oxygens (including phenoxy) is 1. The van der Waals surface area contributed by atoms with E-state index in [0.29, 0.717) is 13.0 Å². The van der Waals surface area contributed by atoms with E-state index in [1.165, 1.54) is 38.5 Å². The molecule has 0 rings (SSSR count). The van der Waals surface area contributed by atoms with Crippen molar-refractivity contribution in [3.05, 3.63) is 12.7 Å². The molecule has 0 fully saturated rings. The molecule has 18 heavy (non-hydrogen) atoms. The first kappa shape index (κ1) is 17.2. The van der Waals surface area contributed by atoms with Crippen LogP contribution in [-0.4, -0.2) is 12.6 Å². The summed E-state index contributed by atoms with van der Waals surface area (Å²) in [5.41, 5.74) is 0. The third kappa shape index (κ3) is 13.3. The Hall–Kier alpha value is -0.790. The Kier molecular flexibility index (Phi) is 13.6. The second kappa shape index (κ2) is 14.3. The number of rotatable bonds is 13. The summed E-state index contributed by atoms with van der Waals surface area (Å²) in [6.07, 6.45) is 14.1. The monoisotopic (exact) mass is 254 g/mol. The van der Waals surface area contributed by atoms with Crippen LogP contribution in [-0.2, 0) is 9.53 Å². The topological polar surface area (TPSA) is 26.3 Å². The molecule has 0 bridgehead atoms. The zero-order valence-electron chi connectivity index (χ0n) is 12.1. The molecule has 106 valence electrons. The Balaban J connectivity index is 3.14. The number of unbranched alkanes of at least 4 members (excludes halogenated alkanes) is 8. The van der Waals surface area contributed by atoms with Gasteiger partial charge in [-0.3, -0.25) is 4.79 Å². The van der Waals surface area contributed by atoms with E-state index in [9.17, 15) is 4.79 Å². The Morgan fingerprint density at radius 2 is 1.67 bits per heavy atom. The molecule has 0 heterocycles. The molecule has 0 aromatic rings. The van der Waals surface area contributed by atoms with E-state index in [-0.39, 0.29) is 5.97 Å². The average Bonchev–Trinajstić information content (AvgIpc) is 2.37. The summed E-state index contributed by atoms with van der Waals surface area (Å²) in [6, 6.07) is 0. The predicted molar refractivity (Wildman–Crippen MR) is 77.6 cm³/mol. The minimum Gasteiger partial charge on any atom is -0.466 e. The molecule has 0 aromatic carbocycles. The lowest BCUT2D eigenvalue weighted by Crippen LogP contribution is -2.05. The van der Waals surface area contributed by atoms with Gasteiger partial charge in [-0.2, -0.15) is 0 Å². The van der Waals surface area contributed by atoms with E-state index in [2.05, 4.69) is 13.5 Å². The Morgan fingerprint density at radius 1 is 1.00 bits per heavy atom. The van der Waals surface area contributed by atoms with Gasteiger partial charge < -0.3 is 4.74 Å². The number of esters is 1. The maximum absolute atomic E-state index is 11.4. The van der Waals surface area contributed by atoms with E-state index in [0.717, 1.165) is 25.7 Å². The van der Waals surface area contributed by atoms with Crippen molar-refractivity contribution in [1.82, 2.24) is 0 Å². The third-order valence-electron chi connectivity index (χ3n) is 3.05. The zero-order valence-corrected chi connectivity index (χ0v) is 12.1. The summed E-state index contributed by atoms with van der Waals surface area (Å²) in [5, 5.41) is 0. The normalized spacial score (nSPS) is 10.3. The summed E-state index contributed by atoms with van der Waals surface area (Å²) in [5.74, 6) is -0.0161. The van der Waals surface area contributed by atoms with Gasteiger partial charge in [0.2, 0.25) is 0 Å². The van der Waals surface area contributed by atoms with E-state index in [1.54, 1.807) is 0 Å². The molecule has 2 nitrogen and oxygen atoms in total. The SMILES string of the molecule is C=CCCCCCCCC(=O)OCCCCCC. The molecule has 0 unspecified atom stereocenters. The fourth-order valence-electron chi connectivity index (χ4n) is 1.88. The quantitative estimate of drug-likeness (QED) is 0.262. The molecule has 0 saturated heterocycles. The van der Waals surface area contributed by atoms with Gasteiger partial charge in [0.1, 0.15) is 0 Å². The number of carbonyl (C=O) groups is 1. The van der Waals surface area contributed by atoms with Gasteiger partial charge in [-0.1, -0.05) is 51.5 Å². The Bertz CT molecular complexity index is 199. The van der Waals surface area contributed by atoms with Crippen LogP contribution in [0.15, 0.2) is 12.7 Å². The van der Waals surface area contributed by atoms with Crippen LogP contribution in [0, 0.1) is 0 Å². The lowest BCUT2D eigenvalue weighted by molar-refractivity contribution is -0.143. The third-order valence-corrected chi connectivity index (χ3v) is 3.05. The van der Waals surface area contributed by atoms with Gasteiger partial charge in [0, 0.05) is 6.42 Å². The molecule has 0 saturated carbocycles. The van der Waals surface area contributed by atoms with Gasteiger partial charge in [-0.15, -0.1) is 6.58 Å². The van der Waals surface area contributed by atoms with Crippen LogP contribution in [0.4, 0.5) is 0 Å². The summed E-state index contributed by atoms with van der Waals surface area (Å²) in [7, 11) is 0. The molecule has 0 atom stereocenters. The van der Waals surface area contributed by atoms with E-state index in [1.807, 2.05) is 6.08 Å². The number of hydrogen-bond acceptors (Lipinski definition) is 2. The smallest absolute Gasteiger partial charge is 0.305 e. The molecule has 0 aliphatic rings. The minimum absolute atomic E-state index is 0.0161. The highest BCUT2D eigenvalue weighted by molar-refractivity contribution is 5.69. The summed E-state index contributed by atoms with van der Waals surface area (Å²) in [6.45, 7) is 6.49. The van der Waals surface area contributed by atoms with Crippen molar-refractivity contribution in [2.24, 2.45) is 0 Å². The predicted octanol–water partition coefficient (Wildman–Crippen LogP) is 5.03. The molecule has 0 aliphatic carbocycles. The van der Waals surface area contributed by atoms with Crippen molar-refractivity contribution in [3.8, 4) is 0 Å². The molecular weight excluding hydrogens is 224 g/mol. The first-order valence-corrected chi connectivity index (χ1v) is 7.57. The van der Waals surface area contributed by atoms with E-state index >= 15 is 0 Å². The highest BCUT2D eigenvalue weighted by Crippen LogP contribution is 2.08. The molecule has 0 aromatic heterocycles. The standard InChI is InChI=1S/C16H30O2/c1-3-5-7-9-10-11-12-14-16(17)18-15-13-8-6-4-2/h3H,1,4-15H2,2H3. The van der Waals surface area contributed by atoms with Crippen LogP contribution in [0.5, 0.6) is 0 Å². The molecule has 0 aliphatic heterocycles. The fraction of sp³-hybridized carbons (Fsp3) is 0.812. The van der Waals surface area contributed by atoms with Crippen molar-refractivity contribution in [3.63, 3.8) is 0 Å². The Labute approximate surface area is 113 Å². The van der Waals surface area contributed by atoms with Crippen LogP contribution in [0.2, 0.25) is 0 Å². The first-order valence-electron chi connectivity index (χ1n) is 7.57. The summed E-state index contributed by atoms with van der Waals surface area (Å²) < 4.78 is 5.18. The van der Waals surface area contributed by atoms with Crippen LogP contribution < -0.4 is 0 Å². The summed E-state index contributed by atoms with van der Waals surface area (Å²) >= 11 is 0. The highest BCUT2D eigenvalue weighted by atomic mass is 16.5. The van der Waals surface area contributed by atoms with Gasteiger partial charge in [-0.05, 0) is 25.7 Å². The maximum atomic E-state index is 11.4. The number of carbonyl (C=O) groups excluding carboxylic acids is 1. The van der Waals surface area contributed by atoms with Gasteiger partial charge in [0.05, 0.1) is 6.61 Å². The van der Waals surface area contributed by atoms with Gasteiger partial charge in [0.25, 0.3) is 0 Å². The highest BCUT2D eigenvalue weighted by Gasteiger charge is 2.01. The second-order valence-corrected chi connectivity index (χ2v) is 4.88. The van der Waals surface area contributed by atoms with E-state index < -0.39 is 0 Å². The van der Waals surface area contributed by atoms with Gasteiger partial charge >= 0.3 is 5.97 Å². The molecule has 0 N–H and O–H groups in total. The first-order chi connectivity index (χ1) is 8.81. The zero-order chi connectivity index (χ0) is 13.5. The van der Waals surface area contributed by atoms with Crippen LogP contribution in [0.3, 0.4) is 0 Å². The minimum atomic E-state index is -0.0161. The summed E-state index contributed by atoms with van der Waals surface area (Å²) in [4.78, 5) is 11.4. The van der Waals surface area contributed by atoms with Crippen LogP contribution >= 0.6 is 0 Å². The molecule has 0 radical (unpaired) electrons. The van der Waals surface area contributed by atoms with Crippen molar-refractivity contribution < 1.29 is 9.53 Å². The van der Waals surface area contributed by atoms with Gasteiger partial charge in [0.15, 0.2) is 0 Å². The van der Waals surface area contributed by atoms with Gasteiger partial charge in [-0.25, -0.2) is 0 Å². The van der Waals surface area contributed by atoms with Crippen LogP contribution in [0.25, 0.3) is 0 Å². The van der Waals surface area contributed by atoms with Crippen molar-refractivity contribution in [2.45, 2.75) is 77.6 Å². The molecule has 2 heteroatoms. The average molecular weight is 254 g/mol. The van der Waals surface area contributed by atoms with Crippen molar-refractivity contribution in [1.29, 1.82) is 0 Å².